The van der Waals surface area contributed by atoms with Gasteiger partial charge in [-0.2, -0.15) is 0 Å². The van der Waals surface area contributed by atoms with Crippen molar-refractivity contribution in [1.29, 1.82) is 0 Å². The minimum Gasteiger partial charge on any atom is -0.379 e. The van der Waals surface area contributed by atoms with E-state index >= 15 is 0 Å². The third kappa shape index (κ3) is 15.4. The molecule has 1 heterocycles. The molecule has 1 saturated heterocycles. The van der Waals surface area contributed by atoms with Gasteiger partial charge < -0.3 is 44.8 Å². The molecule has 16 heteroatoms. The third-order valence-corrected chi connectivity index (χ3v) is 11.8. The van der Waals surface area contributed by atoms with Gasteiger partial charge in [-0.1, -0.05) is 85.2 Å². The number of likely N-dealkylation sites (tertiary alicyclic amines) is 1. The van der Waals surface area contributed by atoms with Gasteiger partial charge in [0, 0.05) is 40.8 Å². The zero-order valence-electron chi connectivity index (χ0n) is 38.4. The number of methoxy groups -OCH3 is 2. The molecule has 9 atom stereocenters. The molecule has 2 rings (SSSR count). The van der Waals surface area contributed by atoms with Crippen LogP contribution in [0.1, 0.15) is 79.7 Å². The average Bonchev–Trinajstić information content (AvgIpc) is 3.70. The Labute approximate surface area is 359 Å². The smallest absolute Gasteiger partial charge is 0.245 e. The fourth-order valence-corrected chi connectivity index (χ4v) is 8.35. The number of nitrogens with two attached hydrogens (primary N) is 1. The van der Waals surface area contributed by atoms with Gasteiger partial charge in [0.1, 0.15) is 12.1 Å². The van der Waals surface area contributed by atoms with Gasteiger partial charge in [0.15, 0.2) is 0 Å². The molecule has 1 fully saturated rings. The Morgan fingerprint density at radius 2 is 1.53 bits per heavy atom. The van der Waals surface area contributed by atoms with Gasteiger partial charge in [0.25, 0.3) is 0 Å². The first-order valence-corrected chi connectivity index (χ1v) is 21.5. The summed E-state index contributed by atoms with van der Waals surface area (Å²) in [7, 11) is 8.51. The van der Waals surface area contributed by atoms with Crippen molar-refractivity contribution < 1.29 is 43.0 Å². The van der Waals surface area contributed by atoms with Gasteiger partial charge >= 0.3 is 0 Å². The van der Waals surface area contributed by atoms with Crippen LogP contribution in [0.2, 0.25) is 0 Å². The highest BCUT2D eigenvalue weighted by Crippen LogP contribution is 2.30. The summed E-state index contributed by atoms with van der Waals surface area (Å²) in [6.07, 6.45) is 0.992. The van der Waals surface area contributed by atoms with Crippen LogP contribution in [0.15, 0.2) is 30.3 Å². The number of benzene rings is 1. The highest BCUT2D eigenvalue weighted by atomic mass is 16.6. The number of hydrogen-bond donors (Lipinski definition) is 4. The molecular formula is C44H77N7O9. The summed E-state index contributed by atoms with van der Waals surface area (Å²) in [5.41, 5.74) is 0.877. The van der Waals surface area contributed by atoms with Crippen LogP contribution in [-0.4, -0.2) is 155 Å². The van der Waals surface area contributed by atoms with Gasteiger partial charge in [0.2, 0.25) is 29.5 Å². The van der Waals surface area contributed by atoms with Crippen molar-refractivity contribution in [1.82, 2.24) is 30.7 Å². The Hall–Kier alpha value is -3.67. The van der Waals surface area contributed by atoms with Crippen molar-refractivity contribution >= 4 is 29.5 Å². The molecule has 0 aliphatic carbocycles. The Balaban J connectivity index is 2.27. The molecule has 1 aromatic carbocycles. The van der Waals surface area contributed by atoms with Crippen molar-refractivity contribution in [2.24, 2.45) is 29.6 Å². The molecule has 5 N–H and O–H groups in total. The quantitative estimate of drug-likeness (QED) is 0.0751. The minimum absolute atomic E-state index is 0.00627. The van der Waals surface area contributed by atoms with E-state index in [2.05, 4.69) is 20.8 Å². The van der Waals surface area contributed by atoms with Crippen LogP contribution in [0.25, 0.3) is 0 Å². The Morgan fingerprint density at radius 3 is 2.08 bits per heavy atom. The van der Waals surface area contributed by atoms with Crippen LogP contribution < -0.4 is 21.8 Å². The molecule has 60 heavy (non-hydrogen) atoms. The van der Waals surface area contributed by atoms with Crippen molar-refractivity contribution in [3.8, 4) is 0 Å². The molecule has 0 aromatic heterocycles. The second-order valence-corrected chi connectivity index (χ2v) is 17.0. The monoisotopic (exact) mass is 848 g/mol. The van der Waals surface area contributed by atoms with E-state index in [0.29, 0.717) is 19.4 Å². The van der Waals surface area contributed by atoms with Gasteiger partial charge in [-0.25, -0.2) is 5.90 Å². The fraction of sp³-hybridized carbons (Fsp3) is 0.750. The number of carbonyl (C=O) groups excluding carboxylic acids is 5. The first-order chi connectivity index (χ1) is 28.4. The number of ether oxygens (including phenoxy) is 3. The predicted molar refractivity (Wildman–Crippen MR) is 231 cm³/mol. The van der Waals surface area contributed by atoms with Crippen molar-refractivity contribution in [3.05, 3.63) is 35.9 Å². The summed E-state index contributed by atoms with van der Waals surface area (Å²) in [4.78, 5) is 79.3. The van der Waals surface area contributed by atoms with Crippen molar-refractivity contribution in [2.75, 3.05) is 68.3 Å². The summed E-state index contributed by atoms with van der Waals surface area (Å²) < 4.78 is 17.4. The fourth-order valence-electron chi connectivity index (χ4n) is 8.35. The Kier molecular flexibility index (Phi) is 23.3. The third-order valence-electron chi connectivity index (χ3n) is 11.8. The van der Waals surface area contributed by atoms with E-state index in [1.807, 2.05) is 90.9 Å². The largest absolute Gasteiger partial charge is 0.379 e. The van der Waals surface area contributed by atoms with E-state index in [1.54, 1.807) is 30.9 Å². The molecule has 0 saturated carbocycles. The number of rotatable bonds is 27. The number of carbonyl (C=O) groups is 5. The van der Waals surface area contributed by atoms with Crippen LogP contribution in [0.3, 0.4) is 0 Å². The van der Waals surface area contributed by atoms with Crippen LogP contribution >= 0.6 is 0 Å². The Bertz CT molecular complexity index is 1460. The number of likely N-dealkylation sites (N-methyl/N-ethyl adjacent to an activating group) is 2. The van der Waals surface area contributed by atoms with Gasteiger partial charge in [-0.15, -0.1) is 0 Å². The van der Waals surface area contributed by atoms with Crippen molar-refractivity contribution in [3.63, 3.8) is 0 Å². The second-order valence-electron chi connectivity index (χ2n) is 17.0. The van der Waals surface area contributed by atoms with E-state index < -0.39 is 48.3 Å². The summed E-state index contributed by atoms with van der Waals surface area (Å²) in [5, 5.41) is 8.84. The first-order valence-electron chi connectivity index (χ1n) is 21.5. The lowest BCUT2D eigenvalue weighted by atomic mass is 9.89. The van der Waals surface area contributed by atoms with Crippen LogP contribution in [0, 0.1) is 23.7 Å². The van der Waals surface area contributed by atoms with E-state index in [1.165, 1.54) is 7.11 Å². The van der Waals surface area contributed by atoms with E-state index in [-0.39, 0.29) is 86.5 Å². The maximum atomic E-state index is 14.3. The normalized spacial score (nSPS) is 18.3. The molecular weight excluding hydrogens is 771 g/mol. The topological polar surface area (TPSA) is 194 Å². The highest BCUT2D eigenvalue weighted by Gasteiger charge is 2.43. The zero-order chi connectivity index (χ0) is 45.1. The van der Waals surface area contributed by atoms with Gasteiger partial charge in [-0.3, -0.25) is 28.9 Å². The van der Waals surface area contributed by atoms with E-state index in [4.69, 9.17) is 20.1 Å². The first kappa shape index (κ1) is 52.5. The second kappa shape index (κ2) is 26.6. The standard InChI is InChI=1S/C44H77N7O9/c1-13-30(6)39(50(10)44(56)37(28(2)3)48-43(55)38(29(4)5)49(8)9)35(57-11)27-36(52)51-22-17-20-34(51)40(58-12)31(7)41(53)47-33(26-32-18-15-14-16-19-32)42(54)46-21-23-59-24-25-60-45/h14-16,18-19,28-31,33-35,37-40H,13,17,20-27,45H2,1-12H3,(H,46,54)(H,47,53)(H,48,55)/t30-,31+,33?,34-,35+,37-,38-,39-,40+/m0/s1. The molecule has 0 radical (unpaired) electrons. The minimum atomic E-state index is -0.874. The predicted octanol–water partition coefficient (Wildman–Crippen LogP) is 2.38. The molecule has 16 nitrogen and oxygen atoms in total. The molecule has 1 aliphatic rings. The van der Waals surface area contributed by atoms with Crippen molar-refractivity contribution in [2.45, 2.75) is 123 Å². The van der Waals surface area contributed by atoms with Crippen LogP contribution in [0.5, 0.6) is 0 Å². The lowest BCUT2D eigenvalue weighted by Gasteiger charge is -2.41. The van der Waals surface area contributed by atoms with E-state index in [9.17, 15) is 24.0 Å². The molecule has 0 bridgehead atoms. The zero-order valence-corrected chi connectivity index (χ0v) is 38.4. The van der Waals surface area contributed by atoms with Crippen LogP contribution in [-0.2, 0) is 49.4 Å². The molecule has 1 aromatic rings. The maximum absolute atomic E-state index is 14.3. The Morgan fingerprint density at radius 1 is 0.867 bits per heavy atom. The summed E-state index contributed by atoms with van der Waals surface area (Å²) >= 11 is 0. The van der Waals surface area contributed by atoms with Gasteiger partial charge in [-0.05, 0) is 50.3 Å². The number of nitrogens with one attached hydrogen (secondary N) is 3. The highest BCUT2D eigenvalue weighted by molar-refractivity contribution is 5.90. The maximum Gasteiger partial charge on any atom is 0.245 e. The lowest BCUT2D eigenvalue weighted by molar-refractivity contribution is -0.148. The number of amides is 5. The molecule has 1 unspecified atom stereocenters. The SMILES string of the molecule is CC[C@H](C)[C@@H]([C@@H](CC(=O)N1CCC[C@H]1[C@H](OC)[C@@H](C)C(=O)NC(Cc1ccccc1)C(=O)NCCOCCON)OC)N(C)C(=O)[C@@H](NC(=O)[C@H](C(C)C)N(C)C)C(C)C. The summed E-state index contributed by atoms with van der Waals surface area (Å²) in [6.45, 7) is 15.0. The van der Waals surface area contributed by atoms with E-state index in [0.717, 1.165) is 12.0 Å². The summed E-state index contributed by atoms with van der Waals surface area (Å²) in [5.74, 6) is 2.74. The average molecular weight is 848 g/mol. The number of hydrogen-bond acceptors (Lipinski definition) is 11. The molecule has 1 aliphatic heterocycles. The number of nitrogens with zero attached hydrogens (tertiary/aromatic N) is 3. The molecule has 342 valence electrons. The molecule has 5 amide bonds. The molecule has 0 spiro atoms. The summed E-state index contributed by atoms with van der Waals surface area (Å²) in [6, 6.07) is 6.47. The van der Waals surface area contributed by atoms with Gasteiger partial charge in [0.05, 0.1) is 62.5 Å². The van der Waals surface area contributed by atoms with Crippen LogP contribution in [0.4, 0.5) is 0 Å². The lowest BCUT2D eigenvalue weighted by Crippen LogP contribution is -2.59.